The van der Waals surface area contributed by atoms with Crippen LogP contribution in [0.25, 0.3) is 0 Å². The first-order valence-electron chi connectivity index (χ1n) is 6.57. The molecule has 0 bridgehead atoms. The second-order valence-corrected chi connectivity index (χ2v) is 4.88. The highest BCUT2D eigenvalue weighted by Gasteiger charge is 2.08. The molecule has 1 heterocycles. The van der Waals surface area contributed by atoms with Crippen LogP contribution >= 0.6 is 0 Å². The molecule has 0 saturated carbocycles. The number of nitrogens with zero attached hydrogens (tertiary/aromatic N) is 1. The van der Waals surface area contributed by atoms with Crippen molar-refractivity contribution in [2.75, 3.05) is 0 Å². The number of rotatable bonds is 5. The Morgan fingerprint density at radius 1 is 1.29 bits per heavy atom. The average molecular weight is 287 g/mol. The van der Waals surface area contributed by atoms with Crippen molar-refractivity contribution in [2.24, 2.45) is 0 Å². The van der Waals surface area contributed by atoms with Gasteiger partial charge in [0.15, 0.2) is 5.75 Å². The van der Waals surface area contributed by atoms with Crippen LogP contribution < -0.4 is 10.2 Å². The number of pyridine rings is 1. The zero-order valence-corrected chi connectivity index (χ0v) is 12.0. The first kappa shape index (κ1) is 14.8. The number of hydrogen-bond donors (Lipinski definition) is 1. The molecule has 0 amide bonds. The molecule has 0 unspecified atom stereocenters. The molecule has 1 aromatic heterocycles. The zero-order chi connectivity index (χ0) is 15.4. The number of benzene rings is 1. The summed E-state index contributed by atoms with van der Waals surface area (Å²) in [7, 11) is 0. The third-order valence-electron chi connectivity index (χ3n) is 3.26. The van der Waals surface area contributed by atoms with E-state index in [9.17, 15) is 9.59 Å². The van der Waals surface area contributed by atoms with Crippen molar-refractivity contribution >= 4 is 5.97 Å². The van der Waals surface area contributed by atoms with Crippen LogP contribution in [-0.2, 0) is 17.9 Å². The molecule has 2 aromatic rings. The zero-order valence-electron chi connectivity index (χ0n) is 12.0. The van der Waals surface area contributed by atoms with Gasteiger partial charge < -0.3 is 14.4 Å². The van der Waals surface area contributed by atoms with E-state index < -0.39 is 5.97 Å². The summed E-state index contributed by atoms with van der Waals surface area (Å²) >= 11 is 0. The maximum absolute atomic E-state index is 11.9. The largest absolute Gasteiger partial charge is 0.483 e. The average Bonchev–Trinajstić information content (AvgIpc) is 2.41. The summed E-state index contributed by atoms with van der Waals surface area (Å²) in [6.07, 6.45) is 1.45. The molecular formula is C16H17NO4. The molecule has 0 aliphatic rings. The molecule has 5 heteroatoms. The predicted molar refractivity (Wildman–Crippen MR) is 78.6 cm³/mol. The van der Waals surface area contributed by atoms with Crippen LogP contribution in [0.5, 0.6) is 5.75 Å². The Hall–Kier alpha value is -2.56. The molecule has 5 nitrogen and oxygen atoms in total. The van der Waals surface area contributed by atoms with Crippen molar-refractivity contribution in [3.63, 3.8) is 0 Å². The van der Waals surface area contributed by atoms with Gasteiger partial charge in [-0.15, -0.1) is 0 Å². The van der Waals surface area contributed by atoms with Gasteiger partial charge in [-0.1, -0.05) is 24.3 Å². The van der Waals surface area contributed by atoms with E-state index in [2.05, 4.69) is 0 Å². The van der Waals surface area contributed by atoms with Crippen molar-refractivity contribution in [3.05, 3.63) is 63.6 Å². The van der Waals surface area contributed by atoms with Gasteiger partial charge in [-0.05, 0) is 25.0 Å². The molecule has 0 saturated heterocycles. The van der Waals surface area contributed by atoms with Crippen LogP contribution in [0.15, 0.2) is 41.3 Å². The molecule has 2 rings (SSSR count). The number of carboxylic acid groups (broad SMARTS) is 1. The van der Waals surface area contributed by atoms with E-state index in [1.54, 1.807) is 6.92 Å². The van der Waals surface area contributed by atoms with E-state index in [0.717, 1.165) is 11.1 Å². The molecule has 21 heavy (non-hydrogen) atoms. The first-order chi connectivity index (χ1) is 9.97. The van der Waals surface area contributed by atoms with Gasteiger partial charge in [0.25, 0.3) is 0 Å². The standard InChI is InChI=1S/C16H17NO4/c1-11-5-3-4-6-13(11)10-21-15-8-17(9-16(19)20)12(2)7-14(15)18/h3-8H,9-10H2,1-2H3,(H,19,20). The van der Waals surface area contributed by atoms with Crippen LogP contribution in [0.3, 0.4) is 0 Å². The number of aliphatic carboxylic acids is 1. The number of hydrogen-bond acceptors (Lipinski definition) is 3. The molecule has 110 valence electrons. The third kappa shape index (κ3) is 3.72. The van der Waals surface area contributed by atoms with Crippen molar-refractivity contribution in [1.82, 2.24) is 4.57 Å². The number of ether oxygens (including phenoxy) is 1. The normalized spacial score (nSPS) is 10.4. The van der Waals surface area contributed by atoms with Gasteiger partial charge in [0.05, 0.1) is 6.20 Å². The number of aryl methyl sites for hydroxylation is 2. The van der Waals surface area contributed by atoms with Gasteiger partial charge >= 0.3 is 5.97 Å². The molecule has 0 radical (unpaired) electrons. The summed E-state index contributed by atoms with van der Waals surface area (Å²) in [6.45, 7) is 3.73. The lowest BCUT2D eigenvalue weighted by molar-refractivity contribution is -0.137. The molecule has 0 fully saturated rings. The summed E-state index contributed by atoms with van der Waals surface area (Å²) in [5, 5.41) is 8.86. The molecule has 0 spiro atoms. The van der Waals surface area contributed by atoms with Gasteiger partial charge in [0.2, 0.25) is 5.43 Å². The number of aromatic nitrogens is 1. The highest BCUT2D eigenvalue weighted by atomic mass is 16.5. The Bertz CT molecular complexity index is 718. The SMILES string of the molecule is Cc1ccccc1COc1cn(CC(=O)O)c(C)cc1=O. The van der Waals surface area contributed by atoms with Crippen LogP contribution in [-0.4, -0.2) is 15.6 Å². The van der Waals surface area contributed by atoms with Gasteiger partial charge in [-0.25, -0.2) is 0 Å². The van der Waals surface area contributed by atoms with E-state index in [0.29, 0.717) is 5.69 Å². The van der Waals surface area contributed by atoms with Crippen molar-refractivity contribution in [2.45, 2.75) is 27.0 Å². The molecule has 0 atom stereocenters. The van der Waals surface area contributed by atoms with Crippen molar-refractivity contribution < 1.29 is 14.6 Å². The van der Waals surface area contributed by atoms with Gasteiger partial charge in [0.1, 0.15) is 13.2 Å². The van der Waals surface area contributed by atoms with E-state index in [1.807, 2.05) is 31.2 Å². The van der Waals surface area contributed by atoms with Crippen molar-refractivity contribution in [1.29, 1.82) is 0 Å². The highest BCUT2D eigenvalue weighted by Crippen LogP contribution is 2.12. The Balaban J connectivity index is 2.22. The number of carboxylic acids is 1. The lowest BCUT2D eigenvalue weighted by Gasteiger charge is -2.12. The van der Waals surface area contributed by atoms with E-state index >= 15 is 0 Å². The molecule has 0 aliphatic carbocycles. The van der Waals surface area contributed by atoms with E-state index in [-0.39, 0.29) is 24.3 Å². The minimum atomic E-state index is -0.966. The van der Waals surface area contributed by atoms with Crippen LogP contribution in [0.2, 0.25) is 0 Å². The fraction of sp³-hybridized carbons (Fsp3) is 0.250. The highest BCUT2D eigenvalue weighted by molar-refractivity contribution is 5.66. The lowest BCUT2D eigenvalue weighted by atomic mass is 10.1. The smallest absolute Gasteiger partial charge is 0.323 e. The van der Waals surface area contributed by atoms with Crippen molar-refractivity contribution in [3.8, 4) is 5.75 Å². The maximum Gasteiger partial charge on any atom is 0.323 e. The second kappa shape index (κ2) is 6.26. The quantitative estimate of drug-likeness (QED) is 0.914. The molecule has 0 aliphatic heterocycles. The fourth-order valence-electron chi connectivity index (χ4n) is 2.00. The minimum absolute atomic E-state index is 0.158. The van der Waals surface area contributed by atoms with Gasteiger partial charge in [-0.3, -0.25) is 9.59 Å². The summed E-state index contributed by atoms with van der Waals surface area (Å²) in [4.78, 5) is 22.7. The molecular weight excluding hydrogens is 270 g/mol. The Morgan fingerprint density at radius 3 is 2.67 bits per heavy atom. The predicted octanol–water partition coefficient (Wildman–Crippen LogP) is 2.13. The Kier molecular flexibility index (Phi) is 4.42. The number of carbonyl (C=O) groups is 1. The summed E-state index contributed by atoms with van der Waals surface area (Å²) < 4.78 is 7.04. The third-order valence-corrected chi connectivity index (χ3v) is 3.26. The topological polar surface area (TPSA) is 68.5 Å². The monoisotopic (exact) mass is 287 g/mol. The minimum Gasteiger partial charge on any atom is -0.483 e. The van der Waals surface area contributed by atoms with Crippen LogP contribution in [0.4, 0.5) is 0 Å². The summed E-state index contributed by atoms with van der Waals surface area (Å²) in [5.74, 6) is -0.809. The Labute approximate surface area is 122 Å². The Morgan fingerprint density at radius 2 is 2.00 bits per heavy atom. The fourth-order valence-corrected chi connectivity index (χ4v) is 2.00. The van der Waals surface area contributed by atoms with Gasteiger partial charge in [0, 0.05) is 11.8 Å². The summed E-state index contributed by atoms with van der Waals surface area (Å²) in [5.41, 5.74) is 2.41. The molecule has 1 aromatic carbocycles. The lowest BCUT2D eigenvalue weighted by Crippen LogP contribution is -2.17. The van der Waals surface area contributed by atoms with Crippen LogP contribution in [0.1, 0.15) is 16.8 Å². The maximum atomic E-state index is 11.9. The van der Waals surface area contributed by atoms with E-state index in [1.165, 1.54) is 16.8 Å². The molecule has 1 N–H and O–H groups in total. The second-order valence-electron chi connectivity index (χ2n) is 4.88. The van der Waals surface area contributed by atoms with Gasteiger partial charge in [-0.2, -0.15) is 0 Å². The van der Waals surface area contributed by atoms with E-state index in [4.69, 9.17) is 9.84 Å². The van der Waals surface area contributed by atoms with Crippen LogP contribution in [0, 0.1) is 13.8 Å². The summed E-state index contributed by atoms with van der Waals surface area (Å²) in [6, 6.07) is 9.13. The first-order valence-corrected chi connectivity index (χ1v) is 6.57.